The van der Waals surface area contributed by atoms with Crippen LogP contribution in [0.1, 0.15) is 5.56 Å². The Balaban J connectivity index is 3.20. The molecule has 0 amide bonds. The van der Waals surface area contributed by atoms with E-state index in [0.717, 1.165) is 4.47 Å². The van der Waals surface area contributed by atoms with Crippen molar-refractivity contribution in [2.24, 2.45) is 0 Å². The summed E-state index contributed by atoms with van der Waals surface area (Å²) in [5, 5.41) is 9.00. The molecule has 0 unspecified atom stereocenters. The molecule has 0 saturated heterocycles. The first-order valence-electron chi connectivity index (χ1n) is 2.59. The van der Waals surface area contributed by atoms with Gasteiger partial charge in [0.2, 0.25) is 0 Å². The lowest BCUT2D eigenvalue weighted by atomic mass is 10.2. The standard InChI is InChI=1S/C7H3BrClN/c8-6-2-1-5(4-10)3-7(6)9/h1-3H. The summed E-state index contributed by atoms with van der Waals surface area (Å²) in [6.07, 6.45) is 0. The van der Waals surface area contributed by atoms with Gasteiger partial charge in [-0.1, -0.05) is 11.6 Å². The maximum atomic E-state index is 8.43. The Bertz CT molecular complexity index is 290. The summed E-state index contributed by atoms with van der Waals surface area (Å²) in [7, 11) is 0. The Morgan fingerprint density at radius 3 is 2.70 bits per heavy atom. The highest BCUT2D eigenvalue weighted by Gasteiger charge is 1.96. The van der Waals surface area contributed by atoms with E-state index >= 15 is 0 Å². The SMILES string of the molecule is N#Cc1ccc(Br)c(Cl)c1. The minimum Gasteiger partial charge on any atom is -0.192 e. The molecule has 0 aliphatic carbocycles. The summed E-state index contributed by atoms with van der Waals surface area (Å²) < 4.78 is 0.813. The predicted octanol–water partition coefficient (Wildman–Crippen LogP) is 2.97. The molecule has 1 aromatic rings. The molecule has 3 heteroatoms. The minimum atomic E-state index is 0.569. The highest BCUT2D eigenvalue weighted by atomic mass is 79.9. The van der Waals surface area contributed by atoms with Gasteiger partial charge in [0, 0.05) is 4.47 Å². The van der Waals surface area contributed by atoms with Crippen LogP contribution in [0.2, 0.25) is 5.02 Å². The Morgan fingerprint density at radius 1 is 1.50 bits per heavy atom. The maximum absolute atomic E-state index is 8.43. The molecule has 10 heavy (non-hydrogen) atoms. The van der Waals surface area contributed by atoms with Gasteiger partial charge in [-0.2, -0.15) is 5.26 Å². The van der Waals surface area contributed by atoms with Crippen LogP contribution < -0.4 is 0 Å². The lowest BCUT2D eigenvalue weighted by molar-refractivity contribution is 1.48. The van der Waals surface area contributed by atoms with Gasteiger partial charge < -0.3 is 0 Å². The first-order valence-corrected chi connectivity index (χ1v) is 3.76. The van der Waals surface area contributed by atoms with Crippen LogP contribution in [0.4, 0.5) is 0 Å². The monoisotopic (exact) mass is 215 g/mol. The van der Waals surface area contributed by atoms with Crippen molar-refractivity contribution in [2.75, 3.05) is 0 Å². The fourth-order valence-electron chi connectivity index (χ4n) is 0.566. The second kappa shape index (κ2) is 3.05. The molecule has 0 aromatic heterocycles. The highest BCUT2D eigenvalue weighted by molar-refractivity contribution is 9.10. The van der Waals surface area contributed by atoms with Crippen molar-refractivity contribution in [1.29, 1.82) is 5.26 Å². The average molecular weight is 216 g/mol. The first-order chi connectivity index (χ1) is 4.74. The van der Waals surface area contributed by atoms with Gasteiger partial charge in [0.25, 0.3) is 0 Å². The van der Waals surface area contributed by atoms with Gasteiger partial charge in [-0.15, -0.1) is 0 Å². The third-order valence-corrected chi connectivity index (χ3v) is 2.28. The zero-order valence-corrected chi connectivity index (χ0v) is 7.28. The molecule has 0 fully saturated rings. The zero-order valence-electron chi connectivity index (χ0n) is 4.94. The topological polar surface area (TPSA) is 23.8 Å². The number of hydrogen-bond donors (Lipinski definition) is 0. The van der Waals surface area contributed by atoms with Crippen molar-refractivity contribution in [2.45, 2.75) is 0 Å². The minimum absolute atomic E-state index is 0.569. The van der Waals surface area contributed by atoms with Crippen molar-refractivity contribution in [3.8, 4) is 6.07 Å². The number of nitriles is 1. The zero-order chi connectivity index (χ0) is 7.56. The molecule has 0 saturated carbocycles. The van der Waals surface area contributed by atoms with E-state index in [9.17, 15) is 0 Å². The Labute approximate surface area is 72.4 Å². The maximum Gasteiger partial charge on any atom is 0.0992 e. The summed E-state index contributed by atoms with van der Waals surface area (Å²) in [4.78, 5) is 0. The number of halogens is 2. The van der Waals surface area contributed by atoms with Crippen LogP contribution in [0.3, 0.4) is 0 Å². The van der Waals surface area contributed by atoms with Crippen LogP contribution in [0.15, 0.2) is 22.7 Å². The van der Waals surface area contributed by atoms with Gasteiger partial charge in [0.1, 0.15) is 0 Å². The lowest BCUT2D eigenvalue weighted by Gasteiger charge is -1.93. The summed E-state index contributed by atoms with van der Waals surface area (Å²) in [6, 6.07) is 7.06. The van der Waals surface area contributed by atoms with Gasteiger partial charge in [0.05, 0.1) is 16.7 Å². The van der Waals surface area contributed by atoms with E-state index in [4.69, 9.17) is 16.9 Å². The largest absolute Gasteiger partial charge is 0.192 e. The number of benzene rings is 1. The molecule has 0 aliphatic heterocycles. The fourth-order valence-corrected chi connectivity index (χ4v) is 0.993. The van der Waals surface area contributed by atoms with Gasteiger partial charge in [-0.3, -0.25) is 0 Å². The Kier molecular flexibility index (Phi) is 2.31. The second-order valence-corrected chi connectivity index (χ2v) is 3.00. The molecule has 1 aromatic carbocycles. The van der Waals surface area contributed by atoms with E-state index in [1.165, 1.54) is 0 Å². The third kappa shape index (κ3) is 1.50. The number of nitrogens with zero attached hydrogens (tertiary/aromatic N) is 1. The first kappa shape index (κ1) is 7.59. The molecule has 0 aliphatic rings. The summed E-state index contributed by atoms with van der Waals surface area (Å²) >= 11 is 8.91. The van der Waals surface area contributed by atoms with E-state index in [1.807, 2.05) is 6.07 Å². The van der Waals surface area contributed by atoms with Crippen LogP contribution in [-0.4, -0.2) is 0 Å². The molecule has 50 valence electrons. The van der Waals surface area contributed by atoms with E-state index in [2.05, 4.69) is 15.9 Å². The third-order valence-electron chi connectivity index (χ3n) is 1.05. The van der Waals surface area contributed by atoms with Gasteiger partial charge in [0.15, 0.2) is 0 Å². The van der Waals surface area contributed by atoms with Gasteiger partial charge >= 0.3 is 0 Å². The number of hydrogen-bond acceptors (Lipinski definition) is 1. The van der Waals surface area contributed by atoms with Crippen molar-refractivity contribution in [1.82, 2.24) is 0 Å². The smallest absolute Gasteiger partial charge is 0.0992 e. The summed E-state index contributed by atoms with van der Waals surface area (Å²) in [5.74, 6) is 0. The molecule has 1 nitrogen and oxygen atoms in total. The summed E-state index contributed by atoms with van der Waals surface area (Å²) in [5.41, 5.74) is 0.577. The molecule has 0 N–H and O–H groups in total. The van der Waals surface area contributed by atoms with Crippen molar-refractivity contribution < 1.29 is 0 Å². The van der Waals surface area contributed by atoms with Gasteiger partial charge in [-0.05, 0) is 34.1 Å². The number of rotatable bonds is 0. The van der Waals surface area contributed by atoms with E-state index in [0.29, 0.717) is 10.6 Å². The van der Waals surface area contributed by atoms with Crippen molar-refractivity contribution in [3.05, 3.63) is 33.3 Å². The van der Waals surface area contributed by atoms with Crippen molar-refractivity contribution >= 4 is 27.5 Å². The fraction of sp³-hybridized carbons (Fsp3) is 0. The van der Waals surface area contributed by atoms with Crippen LogP contribution in [0.5, 0.6) is 0 Å². The van der Waals surface area contributed by atoms with Crippen LogP contribution in [-0.2, 0) is 0 Å². The molecule has 0 spiro atoms. The van der Waals surface area contributed by atoms with E-state index < -0.39 is 0 Å². The highest BCUT2D eigenvalue weighted by Crippen LogP contribution is 2.22. The van der Waals surface area contributed by atoms with E-state index in [-0.39, 0.29) is 0 Å². The molecular weight excluding hydrogens is 213 g/mol. The quantitative estimate of drug-likeness (QED) is 0.654. The molecule has 0 atom stereocenters. The Hall–Kier alpha value is -0.520. The van der Waals surface area contributed by atoms with Gasteiger partial charge in [-0.25, -0.2) is 0 Å². The molecule has 0 heterocycles. The molecule has 0 bridgehead atoms. The van der Waals surface area contributed by atoms with Crippen LogP contribution >= 0.6 is 27.5 Å². The molecular formula is C7H3BrClN. The second-order valence-electron chi connectivity index (χ2n) is 1.74. The molecule has 1 rings (SSSR count). The molecule has 0 radical (unpaired) electrons. The normalized spacial score (nSPS) is 8.90. The predicted molar refractivity (Wildman–Crippen MR) is 43.9 cm³/mol. The van der Waals surface area contributed by atoms with Crippen LogP contribution in [0.25, 0.3) is 0 Å². The van der Waals surface area contributed by atoms with E-state index in [1.54, 1.807) is 18.2 Å². The Morgan fingerprint density at radius 2 is 2.20 bits per heavy atom. The average Bonchev–Trinajstić information content (AvgIpc) is 1.95. The lowest BCUT2D eigenvalue weighted by Crippen LogP contribution is -1.73. The van der Waals surface area contributed by atoms with Crippen LogP contribution in [0, 0.1) is 11.3 Å². The van der Waals surface area contributed by atoms with Crippen molar-refractivity contribution in [3.63, 3.8) is 0 Å². The summed E-state index contributed by atoms with van der Waals surface area (Å²) in [6.45, 7) is 0.